The molecule has 7 heterocycles. The summed E-state index contributed by atoms with van der Waals surface area (Å²) in [5.41, 5.74) is 4.59. The number of anilines is 2. The van der Waals surface area contributed by atoms with E-state index in [1.807, 2.05) is 34.3 Å². The highest BCUT2D eigenvalue weighted by Crippen LogP contribution is 2.46. The molecule has 4 aromatic rings. The second-order valence-electron chi connectivity index (χ2n) is 23.6. The predicted octanol–water partition coefficient (Wildman–Crippen LogP) is 10.5. The summed E-state index contributed by atoms with van der Waals surface area (Å²) in [6.07, 6.45) is 2.85. The average Bonchev–Trinajstić information content (AvgIpc) is 1.64. The summed E-state index contributed by atoms with van der Waals surface area (Å²) >= 11 is 3.13. The summed E-state index contributed by atoms with van der Waals surface area (Å²) in [7, 11) is 0.492. The number of hydrogen-bond acceptors (Lipinski definition) is 20. The topological polar surface area (TPSA) is 268 Å². The highest BCUT2D eigenvalue weighted by atomic mass is 32.1. The molecule has 492 valence electrons. The van der Waals surface area contributed by atoms with Crippen LogP contribution < -0.4 is 28.7 Å². The lowest BCUT2D eigenvalue weighted by Crippen LogP contribution is -2.57. The number of aliphatic hydroxyl groups excluding tert-OH is 2. The molecule has 5 aliphatic rings. The van der Waals surface area contributed by atoms with Crippen molar-refractivity contribution in [1.82, 2.24) is 9.80 Å². The summed E-state index contributed by atoms with van der Waals surface area (Å²) in [6.45, 7) is 20.3. The molecule has 0 saturated carbocycles. The number of ether oxygens (including phenoxy) is 9. The third kappa shape index (κ3) is 16.6. The Morgan fingerprint density at radius 2 is 1.30 bits per heavy atom. The molecule has 7 atom stereocenters. The summed E-state index contributed by atoms with van der Waals surface area (Å²) in [5, 5.41) is 38.2. The summed E-state index contributed by atoms with van der Waals surface area (Å²) < 4.78 is 58.9. The molecule has 2 aromatic heterocycles. The Bertz CT molecular complexity index is 3310. The maximum absolute atomic E-state index is 14.6. The zero-order chi connectivity index (χ0) is 65.7. The van der Waals surface area contributed by atoms with E-state index >= 15 is 0 Å². The predicted molar refractivity (Wildman–Crippen MR) is 345 cm³/mol. The van der Waals surface area contributed by atoms with Crippen LogP contribution in [0.5, 0.6) is 23.0 Å². The largest absolute Gasteiger partial charge is 0.493 e. The number of esters is 1. The number of carbonyl (C=O) groups excluding carboxylic acids is 5. The van der Waals surface area contributed by atoms with Crippen molar-refractivity contribution in [2.45, 2.75) is 134 Å². The quantitative estimate of drug-likeness (QED) is 0.0270. The van der Waals surface area contributed by atoms with Gasteiger partial charge in [0.05, 0.1) is 80.5 Å². The van der Waals surface area contributed by atoms with Crippen LogP contribution in [0.1, 0.15) is 104 Å². The first kappa shape index (κ1) is 69.3. The Morgan fingerprint density at radius 1 is 0.758 bits per heavy atom. The first-order chi connectivity index (χ1) is 43.5. The van der Waals surface area contributed by atoms with E-state index in [9.17, 15) is 39.0 Å². The van der Waals surface area contributed by atoms with Crippen LogP contribution in [0.25, 0.3) is 11.1 Å². The van der Waals surface area contributed by atoms with Crippen LogP contribution in [-0.4, -0.2) is 179 Å². The van der Waals surface area contributed by atoms with Crippen LogP contribution >= 0.6 is 22.7 Å². The SMILES string of the molecule is C=CCOC(=O)N1c2cc(OC[C@@H](O)CC(=O)O)c(OC)cc2C(=O)N2CC=C(c3ccsc3)C[C@H]2C1O.C=CCOC(=O)N1c2cc(OC[C@H](CC(=O)OCC)O[Si](C)(C)C(C)(C)C)c(OC)cc2C(=O)N2CC=C(c3ccsc3)C[C@H]2C1OC1CCCCO1. The van der Waals surface area contributed by atoms with Gasteiger partial charge in [-0.3, -0.25) is 19.2 Å². The van der Waals surface area contributed by atoms with Gasteiger partial charge in [-0.1, -0.05) is 58.2 Å². The van der Waals surface area contributed by atoms with Crippen molar-refractivity contribution in [3.8, 4) is 23.0 Å². The number of benzene rings is 2. The number of carboxylic acid groups (broad SMARTS) is 1. The van der Waals surface area contributed by atoms with Crippen molar-refractivity contribution >= 4 is 89.5 Å². The van der Waals surface area contributed by atoms with E-state index < -0.39 is 87.8 Å². The second-order valence-corrected chi connectivity index (χ2v) is 29.9. The highest BCUT2D eigenvalue weighted by Gasteiger charge is 2.49. The number of carboxylic acids is 1. The van der Waals surface area contributed by atoms with Gasteiger partial charge in [-0.05, 0) is 125 Å². The zero-order valence-corrected chi connectivity index (χ0v) is 55.3. The van der Waals surface area contributed by atoms with E-state index in [1.165, 1.54) is 59.6 Å². The van der Waals surface area contributed by atoms with Crippen LogP contribution in [0, 0.1) is 0 Å². The maximum atomic E-state index is 14.6. The van der Waals surface area contributed by atoms with Gasteiger partial charge in [-0.2, -0.15) is 22.7 Å². The molecule has 4 amide bonds. The monoisotopic (exact) mass is 1310 g/mol. The van der Waals surface area contributed by atoms with Gasteiger partial charge >= 0.3 is 24.1 Å². The number of aliphatic carboxylic acids is 1. The van der Waals surface area contributed by atoms with Gasteiger partial charge in [-0.25, -0.2) is 19.4 Å². The molecule has 1 saturated heterocycles. The molecule has 2 aromatic carbocycles. The summed E-state index contributed by atoms with van der Waals surface area (Å²) in [6, 6.07) is 8.56. The van der Waals surface area contributed by atoms with Gasteiger partial charge in [0, 0.05) is 31.8 Å². The molecule has 23 nitrogen and oxygen atoms in total. The van der Waals surface area contributed by atoms with Gasteiger partial charge in [-0.15, -0.1) is 0 Å². The Labute approximate surface area is 539 Å². The van der Waals surface area contributed by atoms with Crippen molar-refractivity contribution in [3.63, 3.8) is 0 Å². The van der Waals surface area contributed by atoms with E-state index in [4.69, 9.17) is 52.2 Å². The Morgan fingerprint density at radius 3 is 1.79 bits per heavy atom. The lowest BCUT2D eigenvalue weighted by Gasteiger charge is -2.42. The van der Waals surface area contributed by atoms with Crippen molar-refractivity contribution < 1.29 is 91.1 Å². The maximum Gasteiger partial charge on any atom is 0.416 e. The molecule has 5 aliphatic heterocycles. The number of carbonyl (C=O) groups is 6. The van der Waals surface area contributed by atoms with Gasteiger partial charge in [0.15, 0.2) is 50.1 Å². The van der Waals surface area contributed by atoms with Crippen LogP contribution in [0.3, 0.4) is 0 Å². The molecule has 9 rings (SSSR count). The Kier molecular flexibility index (Phi) is 23.7. The summed E-state index contributed by atoms with van der Waals surface area (Å²) in [5.74, 6) is -1.64. The number of thiophene rings is 2. The van der Waals surface area contributed by atoms with Crippen LogP contribution in [0.4, 0.5) is 21.0 Å². The molecule has 91 heavy (non-hydrogen) atoms. The normalized spacial score (nSPS) is 20.4. The first-order valence-corrected chi connectivity index (χ1v) is 34.9. The van der Waals surface area contributed by atoms with E-state index in [0.29, 0.717) is 32.4 Å². The molecule has 3 N–H and O–H groups in total. The standard InChI is InChI=1S/C39H54N2O10SSi.C26H28N2O9S/c1-9-17-48-38(44)41-30-23-33(49-24-28(21-34(42)46-10-2)51-53(7,8)39(3,4)5)32(45-6)22-29(30)36(43)40-16-14-26(27-15-19-52-25-27)20-31(40)37(41)50-35-13-11-12-18-47-35;1-3-7-36-26(34)28-19-12-22(37-13-17(29)10-23(30)31)21(35-2)11-18(19)24(32)27-6-4-15(9-20(27)25(28)33)16-5-8-38-14-16/h9,14-15,19,22-23,25,28,31,35,37H,1,10-13,16-18,20-21,24H2,2-8H3;3-5,8,11-12,14,17,20,25,29,33H,1,6-7,9-10,13H2,2H3,(H,30,31)/t28-,31-,35?,37?;17-,20-,25?/m00/s1. The fourth-order valence-electron chi connectivity index (χ4n) is 10.9. The zero-order valence-electron chi connectivity index (χ0n) is 52.6. The van der Waals surface area contributed by atoms with Crippen molar-refractivity contribution in [1.29, 1.82) is 0 Å². The Hall–Kier alpha value is -7.56. The molecule has 1 fully saturated rings. The fraction of sp³-hybridized carbons (Fsp3) is 0.477. The van der Waals surface area contributed by atoms with E-state index in [1.54, 1.807) is 35.3 Å². The van der Waals surface area contributed by atoms with Crippen molar-refractivity contribution in [3.05, 3.63) is 118 Å². The van der Waals surface area contributed by atoms with Crippen LogP contribution in [0.15, 0.2) is 95.4 Å². The minimum Gasteiger partial charge on any atom is -0.493 e. The highest BCUT2D eigenvalue weighted by molar-refractivity contribution is 7.08. The minimum absolute atomic E-state index is 0.0144. The van der Waals surface area contributed by atoms with Gasteiger partial charge in [0.25, 0.3) is 11.8 Å². The van der Waals surface area contributed by atoms with E-state index in [0.717, 1.165) is 40.0 Å². The average molecular weight is 1320 g/mol. The van der Waals surface area contributed by atoms with Crippen molar-refractivity contribution in [2.24, 2.45) is 0 Å². The second kappa shape index (κ2) is 31.2. The van der Waals surface area contributed by atoms with Gasteiger partial charge in [0.1, 0.15) is 26.4 Å². The number of nitrogens with zero attached hydrogens (tertiary/aromatic N) is 4. The summed E-state index contributed by atoms with van der Waals surface area (Å²) in [4.78, 5) is 85.1. The Balaban J connectivity index is 0.000000248. The lowest BCUT2D eigenvalue weighted by atomic mass is 9.94. The molecule has 0 spiro atoms. The molecule has 26 heteroatoms. The van der Waals surface area contributed by atoms with Crippen molar-refractivity contribution in [2.75, 3.05) is 76.8 Å². The molecule has 0 bridgehead atoms. The molecular formula is C65H82N4O19S2Si. The number of rotatable bonds is 23. The first-order valence-electron chi connectivity index (χ1n) is 30.1. The van der Waals surface area contributed by atoms with Gasteiger partial charge < -0.3 is 72.2 Å². The number of hydrogen-bond donors (Lipinski definition) is 3. The van der Waals surface area contributed by atoms with Gasteiger partial charge in [0.2, 0.25) is 0 Å². The third-order valence-electron chi connectivity index (χ3n) is 16.5. The van der Waals surface area contributed by atoms with Crippen LogP contribution in [0.2, 0.25) is 18.1 Å². The number of fused-ring (bicyclic) bond motifs is 4. The van der Waals surface area contributed by atoms with Crippen LogP contribution in [-0.2, 0) is 37.7 Å². The number of methoxy groups -OCH3 is 2. The minimum atomic E-state index is -2.35. The number of amides is 4. The van der Waals surface area contributed by atoms with E-state index in [2.05, 4.69) is 58.5 Å². The molecule has 0 radical (unpaired) electrons. The molecule has 3 unspecified atom stereocenters. The number of aliphatic hydroxyl groups is 2. The van der Waals surface area contributed by atoms with E-state index in [-0.39, 0.29) is 102 Å². The third-order valence-corrected chi connectivity index (χ3v) is 22.4. The molecule has 0 aliphatic carbocycles. The smallest absolute Gasteiger partial charge is 0.416 e. The lowest BCUT2D eigenvalue weighted by molar-refractivity contribution is -0.196. The molecular weight excluding hydrogens is 1230 g/mol. The fourth-order valence-corrected chi connectivity index (χ4v) is 13.6.